The lowest BCUT2D eigenvalue weighted by atomic mass is 10.2. The van der Waals surface area contributed by atoms with Gasteiger partial charge in [-0.3, -0.25) is 0 Å². The fraction of sp³-hybridized carbons (Fsp3) is 0.200. The molecule has 0 aliphatic heterocycles. The van der Waals surface area contributed by atoms with Gasteiger partial charge in [0, 0.05) is 18.1 Å². The molecule has 9 heteroatoms. The Labute approximate surface area is 108 Å². The molecule has 1 heterocycles. The smallest absolute Gasteiger partial charge is 0.356 e. The molecular formula is C10H6F5N3S. The van der Waals surface area contributed by atoms with Crippen LogP contribution >= 0.6 is 11.5 Å². The summed E-state index contributed by atoms with van der Waals surface area (Å²) in [6, 6.07) is 3.21. The predicted molar refractivity (Wildman–Crippen MR) is 58.6 cm³/mol. The fourth-order valence-corrected chi connectivity index (χ4v) is 1.82. The summed E-state index contributed by atoms with van der Waals surface area (Å²) in [5.74, 6) is -3.24. The zero-order valence-electron chi connectivity index (χ0n) is 9.13. The number of nitrogens with zero attached hydrogens (tertiary/aromatic N) is 2. The molecule has 0 saturated heterocycles. The molecule has 2 rings (SSSR count). The summed E-state index contributed by atoms with van der Waals surface area (Å²) >= 11 is 0.543. The van der Waals surface area contributed by atoms with Gasteiger partial charge < -0.3 is 5.32 Å². The number of alkyl halides is 3. The van der Waals surface area contributed by atoms with E-state index in [2.05, 4.69) is 14.7 Å². The minimum Gasteiger partial charge on any atom is -0.356 e. The third-order valence-corrected chi connectivity index (χ3v) is 2.78. The SMILES string of the molecule is Fc1ccc(CNc2nc(C(F)(F)F)ns2)cc1F. The molecule has 0 aliphatic carbocycles. The minimum absolute atomic E-state index is 0.0176. The molecule has 0 bridgehead atoms. The summed E-state index contributed by atoms with van der Waals surface area (Å²) in [6.45, 7) is 0.0176. The second-order valence-electron chi connectivity index (χ2n) is 3.52. The molecule has 0 fully saturated rings. The summed E-state index contributed by atoms with van der Waals surface area (Å²) in [5.41, 5.74) is 0.377. The molecule has 1 aromatic carbocycles. The van der Waals surface area contributed by atoms with Crippen LogP contribution in [0.15, 0.2) is 18.2 Å². The highest BCUT2D eigenvalue weighted by Crippen LogP contribution is 2.29. The van der Waals surface area contributed by atoms with E-state index in [-0.39, 0.29) is 11.7 Å². The highest BCUT2D eigenvalue weighted by Gasteiger charge is 2.36. The maximum Gasteiger partial charge on any atom is 0.452 e. The van der Waals surface area contributed by atoms with Crippen LogP contribution in [0.1, 0.15) is 11.4 Å². The molecule has 0 aliphatic rings. The summed E-state index contributed by atoms with van der Waals surface area (Å²) < 4.78 is 65.4. The first-order valence-electron chi connectivity index (χ1n) is 4.95. The lowest BCUT2D eigenvalue weighted by molar-refractivity contribution is -0.144. The van der Waals surface area contributed by atoms with Crippen molar-refractivity contribution in [3.63, 3.8) is 0 Å². The number of rotatable bonds is 3. The van der Waals surface area contributed by atoms with Gasteiger partial charge in [0.15, 0.2) is 11.6 Å². The zero-order valence-corrected chi connectivity index (χ0v) is 9.95. The maximum absolute atomic E-state index is 12.9. The van der Waals surface area contributed by atoms with Crippen LogP contribution in [0.5, 0.6) is 0 Å². The number of aromatic nitrogens is 2. The van der Waals surface area contributed by atoms with E-state index in [1.807, 2.05) is 0 Å². The number of anilines is 1. The van der Waals surface area contributed by atoms with Gasteiger partial charge in [0.1, 0.15) is 0 Å². The first-order valence-corrected chi connectivity index (χ1v) is 5.72. The van der Waals surface area contributed by atoms with Gasteiger partial charge >= 0.3 is 6.18 Å². The van der Waals surface area contributed by atoms with E-state index in [9.17, 15) is 22.0 Å². The normalized spacial score (nSPS) is 11.6. The Bertz CT molecular complexity index is 581. The molecule has 102 valence electrons. The van der Waals surface area contributed by atoms with Gasteiger partial charge in [-0.15, -0.1) is 0 Å². The monoisotopic (exact) mass is 295 g/mol. The van der Waals surface area contributed by atoms with E-state index in [1.54, 1.807) is 0 Å². The highest BCUT2D eigenvalue weighted by atomic mass is 32.1. The Morgan fingerprint density at radius 1 is 1.16 bits per heavy atom. The largest absolute Gasteiger partial charge is 0.452 e. The van der Waals surface area contributed by atoms with Gasteiger partial charge in [0.2, 0.25) is 11.0 Å². The number of benzene rings is 1. The van der Waals surface area contributed by atoms with Gasteiger partial charge in [-0.2, -0.15) is 22.5 Å². The van der Waals surface area contributed by atoms with Crippen LogP contribution in [0.3, 0.4) is 0 Å². The lowest BCUT2D eigenvalue weighted by Gasteiger charge is -2.03. The van der Waals surface area contributed by atoms with Crippen molar-refractivity contribution >= 4 is 16.7 Å². The molecule has 0 saturated carbocycles. The van der Waals surface area contributed by atoms with Crippen LogP contribution in [0, 0.1) is 11.6 Å². The Kier molecular flexibility index (Phi) is 3.65. The number of nitrogens with one attached hydrogen (secondary N) is 1. The van der Waals surface area contributed by atoms with Crippen molar-refractivity contribution in [3.8, 4) is 0 Å². The van der Waals surface area contributed by atoms with E-state index in [0.29, 0.717) is 17.1 Å². The van der Waals surface area contributed by atoms with Gasteiger partial charge in [-0.25, -0.2) is 8.78 Å². The summed E-state index contributed by atoms with van der Waals surface area (Å²) in [4.78, 5) is 3.24. The standard InChI is InChI=1S/C10H6F5N3S/c11-6-2-1-5(3-7(6)12)4-16-9-17-8(18-19-9)10(13,14)15/h1-3H,4H2,(H,16,17,18). The van der Waals surface area contributed by atoms with E-state index < -0.39 is 23.6 Å². The molecular weight excluding hydrogens is 289 g/mol. The molecule has 0 spiro atoms. The van der Waals surface area contributed by atoms with Crippen LogP contribution in [-0.4, -0.2) is 9.36 Å². The molecule has 3 nitrogen and oxygen atoms in total. The summed E-state index contributed by atoms with van der Waals surface area (Å²) in [7, 11) is 0. The van der Waals surface area contributed by atoms with E-state index in [4.69, 9.17) is 0 Å². The third-order valence-electron chi connectivity index (χ3n) is 2.11. The highest BCUT2D eigenvalue weighted by molar-refractivity contribution is 7.09. The van der Waals surface area contributed by atoms with Crippen molar-refractivity contribution in [2.45, 2.75) is 12.7 Å². The van der Waals surface area contributed by atoms with Crippen molar-refractivity contribution in [1.29, 1.82) is 0 Å². The molecule has 19 heavy (non-hydrogen) atoms. The Hall–Kier alpha value is -1.77. The Morgan fingerprint density at radius 3 is 2.47 bits per heavy atom. The molecule has 2 aromatic rings. The maximum atomic E-state index is 12.9. The summed E-state index contributed by atoms with van der Waals surface area (Å²) in [6.07, 6.45) is -4.60. The number of hydrogen-bond acceptors (Lipinski definition) is 4. The van der Waals surface area contributed by atoms with Crippen LogP contribution in [0.25, 0.3) is 0 Å². The molecule has 1 N–H and O–H groups in total. The summed E-state index contributed by atoms with van der Waals surface area (Å²) in [5, 5.41) is 2.51. The van der Waals surface area contributed by atoms with Gasteiger partial charge in [-0.05, 0) is 17.7 Å². The Morgan fingerprint density at radius 2 is 1.89 bits per heavy atom. The minimum atomic E-state index is -4.60. The number of halogens is 5. The third kappa shape index (κ3) is 3.37. The molecule has 0 atom stereocenters. The van der Waals surface area contributed by atoms with E-state index in [0.717, 1.165) is 12.1 Å². The fourth-order valence-electron chi connectivity index (χ4n) is 1.24. The lowest BCUT2D eigenvalue weighted by Crippen LogP contribution is -2.07. The molecule has 0 amide bonds. The van der Waals surface area contributed by atoms with Crippen molar-refractivity contribution in [1.82, 2.24) is 9.36 Å². The molecule has 0 unspecified atom stereocenters. The second kappa shape index (κ2) is 5.08. The quantitative estimate of drug-likeness (QED) is 0.881. The van der Waals surface area contributed by atoms with Crippen molar-refractivity contribution < 1.29 is 22.0 Å². The molecule has 0 radical (unpaired) electrons. The second-order valence-corrected chi connectivity index (χ2v) is 4.27. The molecule has 1 aromatic heterocycles. The predicted octanol–water partition coefficient (Wildman–Crippen LogP) is 3.45. The zero-order chi connectivity index (χ0) is 14.0. The first kappa shape index (κ1) is 13.7. The van der Waals surface area contributed by atoms with E-state index >= 15 is 0 Å². The van der Waals surface area contributed by atoms with Crippen LogP contribution < -0.4 is 5.32 Å². The average Bonchev–Trinajstić information content (AvgIpc) is 2.79. The number of hydrogen-bond donors (Lipinski definition) is 1. The Balaban J connectivity index is 2.02. The average molecular weight is 295 g/mol. The van der Waals surface area contributed by atoms with Crippen molar-refractivity contribution in [2.24, 2.45) is 0 Å². The first-order chi connectivity index (χ1) is 8.86. The topological polar surface area (TPSA) is 37.8 Å². The van der Waals surface area contributed by atoms with Crippen LogP contribution in [0.4, 0.5) is 27.1 Å². The van der Waals surface area contributed by atoms with Gasteiger partial charge in [0.25, 0.3) is 0 Å². The van der Waals surface area contributed by atoms with Crippen LogP contribution in [-0.2, 0) is 12.7 Å². The van der Waals surface area contributed by atoms with Crippen molar-refractivity contribution in [2.75, 3.05) is 5.32 Å². The van der Waals surface area contributed by atoms with Gasteiger partial charge in [-0.1, -0.05) is 6.07 Å². The van der Waals surface area contributed by atoms with Crippen molar-refractivity contribution in [3.05, 3.63) is 41.2 Å². The van der Waals surface area contributed by atoms with Gasteiger partial charge in [0.05, 0.1) is 0 Å². The van der Waals surface area contributed by atoms with E-state index in [1.165, 1.54) is 6.07 Å². The van der Waals surface area contributed by atoms with Crippen LogP contribution in [0.2, 0.25) is 0 Å².